The van der Waals surface area contributed by atoms with Crippen LogP contribution in [0.1, 0.15) is 24.5 Å². The third-order valence-electron chi connectivity index (χ3n) is 2.61. The molecule has 0 amide bonds. The molecule has 0 fully saturated rings. The number of rotatable bonds is 3. The lowest BCUT2D eigenvalue weighted by molar-refractivity contribution is -0.137. The van der Waals surface area contributed by atoms with Crippen molar-refractivity contribution in [2.75, 3.05) is 6.54 Å². The molecule has 0 aliphatic carbocycles. The standard InChI is InChI=1S/C11H13F4N/c1-2-10(12,7-16)8-3-5-9(6-4-8)11(13,14)15/h3-6H,2,7,16H2,1H3. The second-order valence-electron chi connectivity index (χ2n) is 3.60. The van der Waals surface area contributed by atoms with E-state index in [1.807, 2.05) is 0 Å². The Morgan fingerprint density at radius 1 is 1.00 bits per heavy atom. The highest BCUT2D eigenvalue weighted by atomic mass is 19.4. The van der Waals surface area contributed by atoms with Crippen LogP contribution < -0.4 is 5.73 Å². The Bertz CT molecular complexity index is 338. The second kappa shape index (κ2) is 4.41. The average molecular weight is 235 g/mol. The van der Waals surface area contributed by atoms with E-state index in [-0.39, 0.29) is 18.5 Å². The van der Waals surface area contributed by atoms with Gasteiger partial charge in [-0.2, -0.15) is 13.2 Å². The highest BCUT2D eigenvalue weighted by Crippen LogP contribution is 2.33. The zero-order valence-electron chi connectivity index (χ0n) is 8.81. The predicted molar refractivity (Wildman–Crippen MR) is 53.6 cm³/mol. The lowest BCUT2D eigenvalue weighted by Gasteiger charge is -2.22. The zero-order valence-corrected chi connectivity index (χ0v) is 8.81. The average Bonchev–Trinajstić information content (AvgIpc) is 2.27. The number of nitrogens with two attached hydrogens (primary N) is 1. The van der Waals surface area contributed by atoms with E-state index < -0.39 is 17.4 Å². The Kier molecular flexibility index (Phi) is 3.57. The molecule has 1 rings (SSSR count). The number of hydrogen-bond acceptors (Lipinski definition) is 1. The molecule has 1 unspecified atom stereocenters. The zero-order chi connectivity index (χ0) is 12.4. The van der Waals surface area contributed by atoms with Crippen LogP contribution in [0.25, 0.3) is 0 Å². The minimum Gasteiger partial charge on any atom is -0.327 e. The molecule has 16 heavy (non-hydrogen) atoms. The van der Waals surface area contributed by atoms with E-state index in [1.54, 1.807) is 6.92 Å². The summed E-state index contributed by atoms with van der Waals surface area (Å²) in [5.41, 5.74) is 2.93. The Morgan fingerprint density at radius 2 is 1.44 bits per heavy atom. The van der Waals surface area contributed by atoms with Crippen LogP contribution in [0.2, 0.25) is 0 Å². The summed E-state index contributed by atoms with van der Waals surface area (Å²) < 4.78 is 50.8. The fraction of sp³-hybridized carbons (Fsp3) is 0.455. The fourth-order valence-corrected chi connectivity index (χ4v) is 1.42. The lowest BCUT2D eigenvalue weighted by atomic mass is 9.92. The molecule has 0 heterocycles. The summed E-state index contributed by atoms with van der Waals surface area (Å²) in [5.74, 6) is 0. The molecule has 0 spiro atoms. The summed E-state index contributed by atoms with van der Waals surface area (Å²) >= 11 is 0. The number of benzene rings is 1. The van der Waals surface area contributed by atoms with E-state index in [0.29, 0.717) is 0 Å². The smallest absolute Gasteiger partial charge is 0.327 e. The first-order chi connectivity index (χ1) is 7.33. The van der Waals surface area contributed by atoms with Crippen LogP contribution >= 0.6 is 0 Å². The molecular weight excluding hydrogens is 222 g/mol. The van der Waals surface area contributed by atoms with Gasteiger partial charge < -0.3 is 5.73 Å². The van der Waals surface area contributed by atoms with Gasteiger partial charge in [-0.1, -0.05) is 19.1 Å². The van der Waals surface area contributed by atoms with Crippen molar-refractivity contribution >= 4 is 0 Å². The molecule has 0 aromatic heterocycles. The van der Waals surface area contributed by atoms with Crippen LogP contribution in [0, 0.1) is 0 Å². The van der Waals surface area contributed by atoms with Gasteiger partial charge in [-0.15, -0.1) is 0 Å². The van der Waals surface area contributed by atoms with Gasteiger partial charge in [0.2, 0.25) is 0 Å². The SMILES string of the molecule is CCC(F)(CN)c1ccc(C(F)(F)F)cc1. The summed E-state index contributed by atoms with van der Waals surface area (Å²) in [4.78, 5) is 0. The van der Waals surface area contributed by atoms with Crippen molar-refractivity contribution in [3.63, 3.8) is 0 Å². The Labute approximate surface area is 91.3 Å². The third kappa shape index (κ3) is 2.52. The van der Waals surface area contributed by atoms with Gasteiger partial charge in [-0.3, -0.25) is 0 Å². The summed E-state index contributed by atoms with van der Waals surface area (Å²) in [6, 6.07) is 4.02. The highest BCUT2D eigenvalue weighted by molar-refractivity contribution is 5.29. The summed E-state index contributed by atoms with van der Waals surface area (Å²) in [6.07, 6.45) is -4.26. The van der Waals surface area contributed by atoms with Gasteiger partial charge in [0.15, 0.2) is 0 Å². The number of halogens is 4. The molecule has 2 N–H and O–H groups in total. The molecule has 1 nitrogen and oxygen atoms in total. The quantitative estimate of drug-likeness (QED) is 0.800. The Morgan fingerprint density at radius 3 is 1.75 bits per heavy atom. The van der Waals surface area contributed by atoms with Gasteiger partial charge in [0, 0.05) is 6.54 Å². The van der Waals surface area contributed by atoms with Crippen LogP contribution in [0.3, 0.4) is 0 Å². The van der Waals surface area contributed by atoms with Crippen molar-refractivity contribution in [1.29, 1.82) is 0 Å². The molecule has 1 atom stereocenters. The van der Waals surface area contributed by atoms with Crippen LogP contribution in [-0.2, 0) is 11.8 Å². The van der Waals surface area contributed by atoms with E-state index in [2.05, 4.69) is 0 Å². The van der Waals surface area contributed by atoms with Gasteiger partial charge >= 0.3 is 6.18 Å². The van der Waals surface area contributed by atoms with Gasteiger partial charge in [0.25, 0.3) is 0 Å². The molecule has 1 aromatic rings. The third-order valence-corrected chi connectivity index (χ3v) is 2.61. The van der Waals surface area contributed by atoms with Crippen molar-refractivity contribution in [2.45, 2.75) is 25.2 Å². The molecule has 1 aromatic carbocycles. The first kappa shape index (κ1) is 13.0. The number of alkyl halides is 4. The predicted octanol–water partition coefficient (Wildman–Crippen LogP) is 3.24. The van der Waals surface area contributed by atoms with Crippen molar-refractivity contribution in [2.24, 2.45) is 5.73 Å². The molecular formula is C11H13F4N. The molecule has 0 radical (unpaired) electrons. The highest BCUT2D eigenvalue weighted by Gasteiger charge is 2.32. The van der Waals surface area contributed by atoms with Crippen molar-refractivity contribution in [1.82, 2.24) is 0 Å². The maximum absolute atomic E-state index is 14.0. The van der Waals surface area contributed by atoms with Crippen molar-refractivity contribution < 1.29 is 17.6 Å². The normalized spacial score (nSPS) is 15.9. The van der Waals surface area contributed by atoms with Crippen LogP contribution in [0.15, 0.2) is 24.3 Å². The van der Waals surface area contributed by atoms with Gasteiger partial charge in [-0.05, 0) is 24.1 Å². The second-order valence-corrected chi connectivity index (χ2v) is 3.60. The fourth-order valence-electron chi connectivity index (χ4n) is 1.42. The maximum atomic E-state index is 14.0. The first-order valence-electron chi connectivity index (χ1n) is 4.90. The minimum absolute atomic E-state index is 0.134. The van der Waals surface area contributed by atoms with E-state index in [1.165, 1.54) is 0 Å². The molecule has 0 aliphatic heterocycles. The van der Waals surface area contributed by atoms with Gasteiger partial charge in [-0.25, -0.2) is 4.39 Å². The molecule has 0 saturated heterocycles. The lowest BCUT2D eigenvalue weighted by Crippen LogP contribution is -2.29. The van der Waals surface area contributed by atoms with E-state index in [4.69, 9.17) is 5.73 Å². The summed E-state index contributed by atoms with van der Waals surface area (Å²) in [7, 11) is 0. The van der Waals surface area contributed by atoms with Gasteiger partial charge in [0.1, 0.15) is 5.67 Å². The van der Waals surface area contributed by atoms with E-state index in [0.717, 1.165) is 24.3 Å². The van der Waals surface area contributed by atoms with E-state index >= 15 is 0 Å². The van der Waals surface area contributed by atoms with Gasteiger partial charge in [0.05, 0.1) is 5.56 Å². The molecule has 0 bridgehead atoms. The summed E-state index contributed by atoms with van der Waals surface area (Å²) in [5, 5.41) is 0. The van der Waals surface area contributed by atoms with Crippen LogP contribution in [-0.4, -0.2) is 6.54 Å². The minimum atomic E-state index is -4.40. The van der Waals surface area contributed by atoms with Crippen molar-refractivity contribution in [3.05, 3.63) is 35.4 Å². The molecule has 5 heteroatoms. The van der Waals surface area contributed by atoms with Crippen LogP contribution in [0.4, 0.5) is 17.6 Å². The maximum Gasteiger partial charge on any atom is 0.416 e. The monoisotopic (exact) mass is 235 g/mol. The Balaban J connectivity index is 3.04. The Hall–Kier alpha value is -1.10. The first-order valence-corrected chi connectivity index (χ1v) is 4.90. The largest absolute Gasteiger partial charge is 0.416 e. The topological polar surface area (TPSA) is 26.0 Å². The molecule has 0 aliphatic rings. The van der Waals surface area contributed by atoms with Crippen molar-refractivity contribution in [3.8, 4) is 0 Å². The summed E-state index contributed by atoms with van der Waals surface area (Å²) in [6.45, 7) is 1.36. The van der Waals surface area contributed by atoms with Crippen LogP contribution in [0.5, 0.6) is 0 Å². The molecule has 90 valence electrons. The molecule has 0 saturated carbocycles. The van der Waals surface area contributed by atoms with E-state index in [9.17, 15) is 17.6 Å². The number of hydrogen-bond donors (Lipinski definition) is 1.